The van der Waals surface area contributed by atoms with E-state index < -0.39 is 6.09 Å². The summed E-state index contributed by atoms with van der Waals surface area (Å²) in [5.74, 6) is 0. The Morgan fingerprint density at radius 1 is 1.24 bits per heavy atom. The predicted molar refractivity (Wildman–Crippen MR) is 81.0 cm³/mol. The maximum Gasteiger partial charge on any atom is 0.411 e. The van der Waals surface area contributed by atoms with Gasteiger partial charge in [0.1, 0.15) is 6.61 Å². The number of rotatable bonds is 3. The highest BCUT2D eigenvalue weighted by atomic mass is 16.5. The van der Waals surface area contributed by atoms with Crippen molar-refractivity contribution in [1.29, 1.82) is 0 Å². The first kappa shape index (κ1) is 13.2. The second-order valence-corrected chi connectivity index (χ2v) is 4.73. The van der Waals surface area contributed by atoms with Gasteiger partial charge in [-0.25, -0.2) is 4.79 Å². The highest BCUT2D eigenvalue weighted by molar-refractivity contribution is 5.89. The quantitative estimate of drug-likeness (QED) is 0.801. The lowest BCUT2D eigenvalue weighted by Crippen LogP contribution is -2.13. The van der Waals surface area contributed by atoms with E-state index in [0.717, 1.165) is 16.5 Å². The Bertz CT molecular complexity index is 766. The molecule has 0 bridgehead atoms. The van der Waals surface area contributed by atoms with Gasteiger partial charge in [-0.05, 0) is 23.8 Å². The molecule has 5 nitrogen and oxygen atoms in total. The first-order chi connectivity index (χ1) is 10.2. The monoisotopic (exact) mass is 281 g/mol. The third-order valence-electron chi connectivity index (χ3n) is 3.21. The van der Waals surface area contributed by atoms with Crippen molar-refractivity contribution in [3.05, 3.63) is 60.3 Å². The topological polar surface area (TPSA) is 56.2 Å². The van der Waals surface area contributed by atoms with E-state index in [2.05, 4.69) is 10.4 Å². The molecule has 1 aromatic heterocycles. The fourth-order valence-corrected chi connectivity index (χ4v) is 2.12. The largest absolute Gasteiger partial charge is 0.444 e. The van der Waals surface area contributed by atoms with Gasteiger partial charge in [0.25, 0.3) is 0 Å². The molecule has 5 heteroatoms. The van der Waals surface area contributed by atoms with Crippen LogP contribution in [0.1, 0.15) is 5.56 Å². The van der Waals surface area contributed by atoms with Crippen LogP contribution in [0.3, 0.4) is 0 Å². The molecule has 1 amide bonds. The number of carbonyl (C=O) groups is 1. The summed E-state index contributed by atoms with van der Waals surface area (Å²) in [5, 5.41) is 7.85. The van der Waals surface area contributed by atoms with Gasteiger partial charge < -0.3 is 4.74 Å². The van der Waals surface area contributed by atoms with Gasteiger partial charge in [-0.3, -0.25) is 10.00 Å². The molecule has 0 aliphatic heterocycles. The standard InChI is InChI=1S/C16H15N3O2/c1-19-15-8-7-14(9-13(15)10-17-19)18-16(20)21-11-12-5-3-2-4-6-12/h2-10H,11H2,1H3,(H,18,20). The zero-order chi connectivity index (χ0) is 14.7. The number of nitrogens with one attached hydrogen (secondary N) is 1. The average Bonchev–Trinajstić information content (AvgIpc) is 2.87. The molecule has 0 radical (unpaired) electrons. The number of carbonyl (C=O) groups excluding carboxylic acids is 1. The molecular formula is C16H15N3O2. The number of amides is 1. The normalized spacial score (nSPS) is 10.5. The molecule has 0 saturated heterocycles. The number of aromatic nitrogens is 2. The minimum atomic E-state index is -0.470. The van der Waals surface area contributed by atoms with E-state index >= 15 is 0 Å². The van der Waals surface area contributed by atoms with E-state index in [4.69, 9.17) is 4.74 Å². The van der Waals surface area contributed by atoms with Crippen LogP contribution in [0.2, 0.25) is 0 Å². The second-order valence-electron chi connectivity index (χ2n) is 4.73. The fourth-order valence-electron chi connectivity index (χ4n) is 2.12. The molecule has 0 spiro atoms. The van der Waals surface area contributed by atoms with E-state index in [1.165, 1.54) is 0 Å². The smallest absolute Gasteiger partial charge is 0.411 e. The highest BCUT2D eigenvalue weighted by Crippen LogP contribution is 2.18. The Morgan fingerprint density at radius 3 is 2.86 bits per heavy atom. The Hall–Kier alpha value is -2.82. The van der Waals surface area contributed by atoms with Crippen molar-refractivity contribution < 1.29 is 9.53 Å². The van der Waals surface area contributed by atoms with Crippen molar-refractivity contribution in [3.63, 3.8) is 0 Å². The lowest BCUT2D eigenvalue weighted by Gasteiger charge is -2.07. The van der Waals surface area contributed by atoms with Crippen molar-refractivity contribution in [2.75, 3.05) is 5.32 Å². The summed E-state index contributed by atoms with van der Waals surface area (Å²) in [5.41, 5.74) is 2.65. The van der Waals surface area contributed by atoms with Crippen LogP contribution in [-0.2, 0) is 18.4 Å². The van der Waals surface area contributed by atoms with Gasteiger partial charge in [-0.1, -0.05) is 30.3 Å². The number of nitrogens with zero attached hydrogens (tertiary/aromatic N) is 2. The fraction of sp³-hybridized carbons (Fsp3) is 0.125. The molecule has 3 rings (SSSR count). The Balaban J connectivity index is 1.63. The first-order valence-corrected chi connectivity index (χ1v) is 6.62. The Labute approximate surface area is 122 Å². The number of hydrogen-bond acceptors (Lipinski definition) is 3. The molecule has 0 saturated carbocycles. The summed E-state index contributed by atoms with van der Waals surface area (Å²) in [4.78, 5) is 11.8. The van der Waals surface area contributed by atoms with Crippen LogP contribution in [0.5, 0.6) is 0 Å². The van der Waals surface area contributed by atoms with Crippen molar-refractivity contribution in [2.24, 2.45) is 7.05 Å². The molecule has 2 aromatic carbocycles. The summed E-state index contributed by atoms with van der Waals surface area (Å²) >= 11 is 0. The molecule has 3 aromatic rings. The van der Waals surface area contributed by atoms with Crippen molar-refractivity contribution in [3.8, 4) is 0 Å². The van der Waals surface area contributed by atoms with Gasteiger partial charge in [0.05, 0.1) is 11.7 Å². The van der Waals surface area contributed by atoms with Crippen LogP contribution in [0.4, 0.5) is 10.5 Å². The second kappa shape index (κ2) is 5.66. The van der Waals surface area contributed by atoms with Crippen LogP contribution in [0.25, 0.3) is 10.9 Å². The minimum Gasteiger partial charge on any atom is -0.444 e. The van der Waals surface area contributed by atoms with Crippen LogP contribution >= 0.6 is 0 Å². The Morgan fingerprint density at radius 2 is 2.05 bits per heavy atom. The molecule has 106 valence electrons. The SMILES string of the molecule is Cn1ncc2cc(NC(=O)OCc3ccccc3)ccc21. The van der Waals surface area contributed by atoms with Crippen molar-refractivity contribution >= 4 is 22.7 Å². The third kappa shape index (κ3) is 3.02. The lowest BCUT2D eigenvalue weighted by atomic mass is 10.2. The molecule has 0 aliphatic carbocycles. The highest BCUT2D eigenvalue weighted by Gasteiger charge is 2.06. The number of anilines is 1. The van der Waals surface area contributed by atoms with E-state index in [0.29, 0.717) is 5.69 Å². The summed E-state index contributed by atoms with van der Waals surface area (Å²) < 4.78 is 6.96. The van der Waals surface area contributed by atoms with E-state index in [9.17, 15) is 4.79 Å². The zero-order valence-electron chi connectivity index (χ0n) is 11.6. The van der Waals surface area contributed by atoms with Gasteiger partial charge in [0.15, 0.2) is 0 Å². The van der Waals surface area contributed by atoms with E-state index in [1.807, 2.05) is 55.6 Å². The third-order valence-corrected chi connectivity index (χ3v) is 3.21. The first-order valence-electron chi connectivity index (χ1n) is 6.62. The molecule has 0 fully saturated rings. The zero-order valence-corrected chi connectivity index (χ0v) is 11.6. The van der Waals surface area contributed by atoms with Gasteiger partial charge in [0.2, 0.25) is 0 Å². The lowest BCUT2D eigenvalue weighted by molar-refractivity contribution is 0.155. The maximum atomic E-state index is 11.8. The maximum absolute atomic E-state index is 11.8. The van der Waals surface area contributed by atoms with Crippen LogP contribution in [0.15, 0.2) is 54.7 Å². The number of aryl methyl sites for hydroxylation is 1. The van der Waals surface area contributed by atoms with Crippen LogP contribution in [-0.4, -0.2) is 15.9 Å². The number of benzene rings is 2. The van der Waals surface area contributed by atoms with Crippen LogP contribution < -0.4 is 5.32 Å². The molecular weight excluding hydrogens is 266 g/mol. The molecule has 0 atom stereocenters. The number of fused-ring (bicyclic) bond motifs is 1. The van der Waals surface area contributed by atoms with Gasteiger partial charge in [-0.15, -0.1) is 0 Å². The molecule has 21 heavy (non-hydrogen) atoms. The summed E-state index contributed by atoms with van der Waals surface area (Å²) in [7, 11) is 1.88. The van der Waals surface area contributed by atoms with Crippen LogP contribution in [0, 0.1) is 0 Å². The molecule has 0 aliphatic rings. The molecule has 1 heterocycles. The van der Waals surface area contributed by atoms with E-state index in [-0.39, 0.29) is 6.61 Å². The minimum absolute atomic E-state index is 0.252. The predicted octanol–water partition coefficient (Wildman–Crippen LogP) is 3.32. The van der Waals surface area contributed by atoms with Crippen molar-refractivity contribution in [1.82, 2.24) is 9.78 Å². The average molecular weight is 281 g/mol. The summed E-state index contributed by atoms with van der Waals surface area (Å²) in [6.45, 7) is 0.252. The van der Waals surface area contributed by atoms with Crippen molar-refractivity contribution in [2.45, 2.75) is 6.61 Å². The van der Waals surface area contributed by atoms with E-state index in [1.54, 1.807) is 10.9 Å². The van der Waals surface area contributed by atoms with Gasteiger partial charge in [-0.2, -0.15) is 5.10 Å². The molecule has 1 N–H and O–H groups in total. The Kier molecular flexibility index (Phi) is 3.55. The number of hydrogen-bond donors (Lipinski definition) is 1. The molecule has 0 unspecified atom stereocenters. The summed E-state index contributed by atoms with van der Waals surface area (Å²) in [6.07, 6.45) is 1.29. The summed E-state index contributed by atoms with van der Waals surface area (Å²) in [6, 6.07) is 15.2. The van der Waals surface area contributed by atoms with Gasteiger partial charge in [0, 0.05) is 18.1 Å². The van der Waals surface area contributed by atoms with Gasteiger partial charge >= 0.3 is 6.09 Å². The number of ether oxygens (including phenoxy) is 1.